The fraction of sp³-hybridized carbons (Fsp3) is 0.386. The van der Waals surface area contributed by atoms with Gasteiger partial charge in [-0.1, -0.05) is 60.7 Å². The van der Waals surface area contributed by atoms with Crippen LogP contribution in [0.4, 0.5) is 5.69 Å². The van der Waals surface area contributed by atoms with Gasteiger partial charge < -0.3 is 33.3 Å². The van der Waals surface area contributed by atoms with E-state index in [0.29, 0.717) is 34.7 Å². The van der Waals surface area contributed by atoms with E-state index >= 15 is 0 Å². The molecular formula is C44H51N4O7P. The van der Waals surface area contributed by atoms with Gasteiger partial charge in [0.15, 0.2) is 0 Å². The van der Waals surface area contributed by atoms with Crippen LogP contribution in [0.3, 0.4) is 0 Å². The van der Waals surface area contributed by atoms with Gasteiger partial charge in [-0.25, -0.2) is 4.67 Å². The van der Waals surface area contributed by atoms with Crippen molar-refractivity contribution in [1.29, 1.82) is 10.5 Å². The number of nitriles is 2. The summed E-state index contributed by atoms with van der Waals surface area (Å²) in [5, 5.41) is 22.4. The highest BCUT2D eigenvalue weighted by Gasteiger charge is 2.45. The predicted molar refractivity (Wildman–Crippen MR) is 216 cm³/mol. The molecule has 0 saturated carbocycles. The van der Waals surface area contributed by atoms with Gasteiger partial charge in [0.2, 0.25) is 5.91 Å². The number of nitrogens with zero attached hydrogens (tertiary/aromatic N) is 3. The molecule has 5 rings (SSSR count). The second-order valence-electron chi connectivity index (χ2n) is 14.0. The lowest BCUT2D eigenvalue weighted by atomic mass is 9.80. The summed E-state index contributed by atoms with van der Waals surface area (Å²) >= 11 is 0. The molecule has 1 N–H and O–H groups in total. The Morgan fingerprint density at radius 3 is 2.00 bits per heavy atom. The van der Waals surface area contributed by atoms with Gasteiger partial charge in [0.25, 0.3) is 8.53 Å². The number of hydrogen-bond donors (Lipinski definition) is 1. The van der Waals surface area contributed by atoms with Crippen molar-refractivity contribution in [1.82, 2.24) is 4.67 Å². The number of amides is 1. The molecule has 1 saturated heterocycles. The molecule has 1 aliphatic rings. The highest BCUT2D eigenvalue weighted by molar-refractivity contribution is 7.44. The van der Waals surface area contributed by atoms with Gasteiger partial charge in [-0.2, -0.15) is 10.5 Å². The molecule has 1 fully saturated rings. The number of benzene rings is 4. The fourth-order valence-corrected chi connectivity index (χ4v) is 8.84. The van der Waals surface area contributed by atoms with Gasteiger partial charge in [-0.05, 0) is 86.3 Å². The Bertz CT molecular complexity index is 1910. The van der Waals surface area contributed by atoms with E-state index in [2.05, 4.69) is 49.8 Å². The zero-order chi connectivity index (χ0) is 40.2. The monoisotopic (exact) mass is 778 g/mol. The summed E-state index contributed by atoms with van der Waals surface area (Å²) in [6.07, 6.45) is -1.07. The molecule has 12 heteroatoms. The van der Waals surface area contributed by atoms with E-state index in [-0.39, 0.29) is 37.6 Å². The molecule has 4 atom stereocenters. The van der Waals surface area contributed by atoms with Gasteiger partial charge in [-0.3, -0.25) is 4.79 Å². The van der Waals surface area contributed by atoms with E-state index in [1.807, 2.05) is 84.9 Å². The molecule has 11 nitrogen and oxygen atoms in total. The number of carbonyl (C=O) groups is 1. The van der Waals surface area contributed by atoms with Crippen LogP contribution in [0.5, 0.6) is 11.5 Å². The molecule has 1 amide bonds. The first-order chi connectivity index (χ1) is 27.0. The molecule has 294 valence electrons. The Hall–Kier alpha value is -4.84. The van der Waals surface area contributed by atoms with Crippen LogP contribution < -0.4 is 14.8 Å². The van der Waals surface area contributed by atoms with E-state index in [1.165, 1.54) is 6.92 Å². The van der Waals surface area contributed by atoms with Crippen molar-refractivity contribution in [2.75, 3.05) is 32.8 Å². The van der Waals surface area contributed by atoms with Crippen molar-refractivity contribution in [3.8, 4) is 23.6 Å². The smallest absolute Gasteiger partial charge is 0.259 e. The Kier molecular flexibility index (Phi) is 15.0. The molecule has 4 aromatic carbocycles. The van der Waals surface area contributed by atoms with Gasteiger partial charge in [0.1, 0.15) is 23.2 Å². The van der Waals surface area contributed by atoms with E-state index in [1.54, 1.807) is 26.4 Å². The van der Waals surface area contributed by atoms with Gasteiger partial charge in [0.05, 0.1) is 63.8 Å². The summed E-state index contributed by atoms with van der Waals surface area (Å²) < 4.78 is 40.8. The second-order valence-corrected chi connectivity index (χ2v) is 15.4. The normalized spacial score (nSPS) is 17.4. The third-order valence-electron chi connectivity index (χ3n) is 9.57. The number of nitrogens with one attached hydrogen (secondary N) is 1. The van der Waals surface area contributed by atoms with Crippen molar-refractivity contribution in [3.05, 3.63) is 125 Å². The van der Waals surface area contributed by atoms with Crippen molar-refractivity contribution in [2.45, 2.75) is 83.5 Å². The van der Waals surface area contributed by atoms with Crippen LogP contribution in [0.2, 0.25) is 0 Å². The van der Waals surface area contributed by atoms with Crippen LogP contribution in [0.15, 0.2) is 97.1 Å². The number of carbonyl (C=O) groups excluding carboxylic acids is 1. The summed E-state index contributed by atoms with van der Waals surface area (Å²) in [6.45, 7) is 10.1. The molecule has 0 bridgehead atoms. The van der Waals surface area contributed by atoms with Gasteiger partial charge in [0, 0.05) is 31.1 Å². The molecule has 56 heavy (non-hydrogen) atoms. The first-order valence-electron chi connectivity index (χ1n) is 18.7. The second kappa shape index (κ2) is 19.8. The largest absolute Gasteiger partial charge is 0.497 e. The van der Waals surface area contributed by atoms with Crippen LogP contribution in [0.1, 0.15) is 81.4 Å². The highest BCUT2D eigenvalue weighted by atomic mass is 31.2. The summed E-state index contributed by atoms with van der Waals surface area (Å²) in [5.41, 5.74) is 3.11. The first-order valence-corrected chi connectivity index (χ1v) is 19.9. The maximum Gasteiger partial charge on any atom is 0.259 e. The summed E-state index contributed by atoms with van der Waals surface area (Å²) in [6, 6.07) is 35.6. The minimum Gasteiger partial charge on any atom is -0.497 e. The minimum atomic E-state index is -1.64. The molecule has 1 heterocycles. The zero-order valence-electron chi connectivity index (χ0n) is 33.1. The average Bonchev–Trinajstić information content (AvgIpc) is 3.60. The van der Waals surface area contributed by atoms with Crippen molar-refractivity contribution in [2.24, 2.45) is 0 Å². The lowest BCUT2D eigenvalue weighted by Crippen LogP contribution is -2.39. The van der Waals surface area contributed by atoms with Crippen LogP contribution >= 0.6 is 8.53 Å². The van der Waals surface area contributed by atoms with Gasteiger partial charge >= 0.3 is 0 Å². The Labute approximate surface area is 332 Å². The van der Waals surface area contributed by atoms with Crippen LogP contribution in [-0.4, -0.2) is 62.3 Å². The maximum atomic E-state index is 11.8. The average molecular weight is 779 g/mol. The number of methoxy groups -OCH3 is 2. The Balaban J connectivity index is 1.60. The molecule has 0 spiro atoms. The SMILES string of the molecule is COc1ccc(C(OC[C@H]2O[C@@H](c3ccc(NC(C)=O)cc3C#N)C[C@@H]2OP(OCCC#N)N(C(C)C)C(C)C)(c2ccccc2)c2ccc(OC)cc2)cc1. The number of ether oxygens (including phenoxy) is 4. The molecule has 0 radical (unpaired) electrons. The first kappa shape index (κ1) is 42.3. The van der Waals surface area contributed by atoms with E-state index in [9.17, 15) is 15.3 Å². The molecule has 0 aliphatic carbocycles. The quantitative estimate of drug-likeness (QED) is 0.0592. The summed E-state index contributed by atoms with van der Waals surface area (Å²) in [5.74, 6) is 1.19. The predicted octanol–water partition coefficient (Wildman–Crippen LogP) is 9.03. The van der Waals surface area contributed by atoms with E-state index in [0.717, 1.165) is 16.7 Å². The molecule has 1 aliphatic heterocycles. The number of rotatable bonds is 18. The van der Waals surface area contributed by atoms with Crippen molar-refractivity contribution < 1.29 is 32.8 Å². The van der Waals surface area contributed by atoms with Crippen molar-refractivity contribution >= 4 is 20.1 Å². The molecular weight excluding hydrogens is 727 g/mol. The number of anilines is 1. The lowest BCUT2D eigenvalue weighted by Gasteiger charge is -2.39. The van der Waals surface area contributed by atoms with E-state index in [4.69, 9.17) is 28.0 Å². The van der Waals surface area contributed by atoms with Gasteiger partial charge in [-0.15, -0.1) is 0 Å². The third kappa shape index (κ3) is 9.93. The summed E-state index contributed by atoms with van der Waals surface area (Å²) in [4.78, 5) is 11.8. The lowest BCUT2D eigenvalue weighted by molar-refractivity contribution is -0.114. The topological polar surface area (TPSA) is 135 Å². The molecule has 1 unspecified atom stereocenters. The zero-order valence-corrected chi connectivity index (χ0v) is 34.0. The molecule has 4 aromatic rings. The third-order valence-corrected chi connectivity index (χ3v) is 11.7. The highest BCUT2D eigenvalue weighted by Crippen LogP contribution is 2.51. The summed E-state index contributed by atoms with van der Waals surface area (Å²) in [7, 11) is 1.63. The van der Waals surface area contributed by atoms with Crippen molar-refractivity contribution in [3.63, 3.8) is 0 Å². The van der Waals surface area contributed by atoms with Crippen LogP contribution in [0, 0.1) is 22.7 Å². The minimum absolute atomic E-state index is 0.0819. The van der Waals surface area contributed by atoms with Crippen LogP contribution in [-0.2, 0) is 28.9 Å². The molecule has 0 aromatic heterocycles. The Morgan fingerprint density at radius 2 is 1.48 bits per heavy atom. The standard InChI is InChI=1S/C44H51N4O7P/c1-30(2)48(31(3)4)56(53-25-11-24-45)55-42-27-41(40-23-18-37(47-32(5)49)26-33(40)28-46)54-43(42)29-52-44(34-12-9-8-10-13-34,35-14-19-38(50-6)20-15-35)36-16-21-39(51-7)22-17-36/h8-10,12-23,26,30-31,41-43H,11,25,27,29H2,1-7H3,(H,47,49)/t41-,42+,43-,56?/m1/s1. The van der Waals surface area contributed by atoms with Crippen LogP contribution in [0.25, 0.3) is 0 Å². The number of hydrogen-bond acceptors (Lipinski definition) is 10. The van der Waals surface area contributed by atoms with E-state index < -0.39 is 32.4 Å². The maximum absolute atomic E-state index is 11.8. The fourth-order valence-electron chi connectivity index (χ4n) is 7.08. The Morgan fingerprint density at radius 1 is 0.893 bits per heavy atom.